The van der Waals surface area contributed by atoms with Crippen molar-refractivity contribution in [3.63, 3.8) is 0 Å². The molecule has 4 saturated carbocycles. The second kappa shape index (κ2) is 9.26. The van der Waals surface area contributed by atoms with Gasteiger partial charge in [-0.25, -0.2) is 0 Å². The third-order valence-electron chi connectivity index (χ3n) is 11.1. The van der Waals surface area contributed by atoms with Crippen LogP contribution in [0.3, 0.4) is 0 Å². The molecule has 8 unspecified atom stereocenters. The van der Waals surface area contributed by atoms with Crippen molar-refractivity contribution in [2.75, 3.05) is 19.8 Å². The predicted molar refractivity (Wildman–Crippen MR) is 127 cm³/mol. The van der Waals surface area contributed by atoms with E-state index < -0.39 is 0 Å². The van der Waals surface area contributed by atoms with Gasteiger partial charge in [0.05, 0.1) is 13.2 Å². The Labute approximate surface area is 192 Å². The molecule has 3 nitrogen and oxygen atoms in total. The summed E-state index contributed by atoms with van der Waals surface area (Å²) < 4.78 is 12.3. The fourth-order valence-corrected chi connectivity index (χ4v) is 9.55. The Morgan fingerprint density at radius 2 is 1.58 bits per heavy atom. The van der Waals surface area contributed by atoms with Crippen LogP contribution < -0.4 is 0 Å². The van der Waals surface area contributed by atoms with Gasteiger partial charge >= 0.3 is 0 Å². The van der Waals surface area contributed by atoms with Crippen LogP contribution in [0.2, 0.25) is 0 Å². The zero-order valence-corrected chi connectivity index (χ0v) is 21.1. The Bertz CT molecular complexity index is 599. The minimum absolute atomic E-state index is 0.221. The zero-order valence-electron chi connectivity index (χ0n) is 21.1. The van der Waals surface area contributed by atoms with Crippen LogP contribution in [0.4, 0.5) is 0 Å². The molecule has 0 bridgehead atoms. The number of hydrogen-bond acceptors (Lipinski definition) is 3. The molecule has 1 heterocycles. The number of hydrogen-bond donors (Lipinski definition) is 1. The van der Waals surface area contributed by atoms with Crippen molar-refractivity contribution in [3.8, 4) is 0 Å². The Balaban J connectivity index is 0.00000112. The van der Waals surface area contributed by atoms with Crippen LogP contribution in [-0.2, 0) is 9.47 Å². The van der Waals surface area contributed by atoms with Crippen molar-refractivity contribution in [3.05, 3.63) is 0 Å². The molecule has 1 aliphatic heterocycles. The Morgan fingerprint density at radius 3 is 2.29 bits per heavy atom. The lowest BCUT2D eigenvalue weighted by atomic mass is 9.44. The van der Waals surface area contributed by atoms with E-state index in [0.29, 0.717) is 17.4 Å². The summed E-state index contributed by atoms with van der Waals surface area (Å²) in [5.74, 6) is 5.03. The van der Waals surface area contributed by atoms with Crippen LogP contribution in [0, 0.1) is 46.3 Å². The van der Waals surface area contributed by atoms with Gasteiger partial charge in [0.2, 0.25) is 0 Å². The van der Waals surface area contributed by atoms with E-state index in [1.54, 1.807) is 0 Å². The molecular weight excluding hydrogens is 384 g/mol. The maximum absolute atomic E-state index is 9.31. The summed E-state index contributed by atoms with van der Waals surface area (Å²) >= 11 is 0. The number of ether oxygens (including phenoxy) is 2. The number of aliphatic hydroxyl groups excluding tert-OH is 1. The molecule has 180 valence electrons. The van der Waals surface area contributed by atoms with Gasteiger partial charge < -0.3 is 14.6 Å². The number of rotatable bonds is 4. The summed E-state index contributed by atoms with van der Waals surface area (Å²) in [6, 6.07) is 0. The van der Waals surface area contributed by atoms with Gasteiger partial charge in [0.25, 0.3) is 0 Å². The van der Waals surface area contributed by atoms with E-state index in [4.69, 9.17) is 9.47 Å². The highest BCUT2D eigenvalue weighted by Crippen LogP contribution is 2.69. The first-order valence-corrected chi connectivity index (χ1v) is 13.8. The fourth-order valence-electron chi connectivity index (χ4n) is 9.55. The van der Waals surface area contributed by atoms with Crippen molar-refractivity contribution in [2.24, 2.45) is 46.3 Å². The first kappa shape index (κ1) is 24.0. The van der Waals surface area contributed by atoms with E-state index in [1.807, 2.05) is 13.8 Å². The molecule has 5 fully saturated rings. The molecule has 4 aliphatic carbocycles. The fraction of sp³-hybridized carbons (Fsp3) is 1.00. The topological polar surface area (TPSA) is 38.7 Å². The second-order valence-corrected chi connectivity index (χ2v) is 12.0. The van der Waals surface area contributed by atoms with Crippen molar-refractivity contribution in [1.29, 1.82) is 0 Å². The van der Waals surface area contributed by atoms with Gasteiger partial charge in [-0.1, -0.05) is 34.6 Å². The highest BCUT2D eigenvalue weighted by molar-refractivity contribution is 5.10. The SMILES string of the molecule is CC.CC(CCCO)C1CCC2C3CCC4CC5(CCC4(C)C3CCC12C)OCCO5. The van der Waals surface area contributed by atoms with Crippen LogP contribution in [0.1, 0.15) is 105 Å². The molecule has 1 saturated heterocycles. The van der Waals surface area contributed by atoms with Crippen LogP contribution in [-0.4, -0.2) is 30.7 Å². The maximum atomic E-state index is 9.31. The molecular formula is C28H50O3. The van der Waals surface area contributed by atoms with Crippen LogP contribution in [0.15, 0.2) is 0 Å². The second-order valence-electron chi connectivity index (χ2n) is 12.0. The Kier molecular flexibility index (Phi) is 7.17. The van der Waals surface area contributed by atoms with E-state index in [2.05, 4.69) is 20.8 Å². The lowest BCUT2D eigenvalue weighted by Gasteiger charge is -2.62. The van der Waals surface area contributed by atoms with Gasteiger partial charge in [-0.2, -0.15) is 0 Å². The molecule has 3 heteroatoms. The molecule has 5 rings (SSSR count). The van der Waals surface area contributed by atoms with Crippen molar-refractivity contribution in [2.45, 2.75) is 111 Å². The van der Waals surface area contributed by atoms with E-state index in [9.17, 15) is 5.11 Å². The number of aliphatic hydroxyl groups is 1. The molecule has 0 aromatic heterocycles. The highest BCUT2D eigenvalue weighted by atomic mass is 16.7. The van der Waals surface area contributed by atoms with Crippen molar-refractivity contribution >= 4 is 0 Å². The first-order valence-electron chi connectivity index (χ1n) is 13.8. The molecule has 8 atom stereocenters. The summed E-state index contributed by atoms with van der Waals surface area (Å²) in [6.07, 6.45) is 14.4. The third kappa shape index (κ3) is 3.93. The summed E-state index contributed by atoms with van der Waals surface area (Å²) in [5, 5.41) is 9.31. The minimum atomic E-state index is -0.221. The average molecular weight is 435 g/mol. The largest absolute Gasteiger partial charge is 0.396 e. The summed E-state index contributed by atoms with van der Waals surface area (Å²) in [7, 11) is 0. The smallest absolute Gasteiger partial charge is 0.168 e. The summed E-state index contributed by atoms with van der Waals surface area (Å²) in [4.78, 5) is 0. The molecule has 1 N–H and O–H groups in total. The maximum Gasteiger partial charge on any atom is 0.168 e. The lowest BCUT2D eigenvalue weighted by Crippen LogP contribution is -2.56. The molecule has 0 radical (unpaired) electrons. The molecule has 1 spiro atoms. The predicted octanol–water partition coefficient (Wildman–Crippen LogP) is 6.82. The molecule has 0 aromatic rings. The van der Waals surface area contributed by atoms with Gasteiger partial charge in [-0.05, 0) is 104 Å². The third-order valence-corrected chi connectivity index (χ3v) is 11.1. The lowest BCUT2D eigenvalue weighted by molar-refractivity contribution is -0.229. The normalized spacial score (nSPS) is 46.5. The van der Waals surface area contributed by atoms with E-state index in [1.165, 1.54) is 51.4 Å². The summed E-state index contributed by atoms with van der Waals surface area (Å²) in [6.45, 7) is 13.7. The van der Waals surface area contributed by atoms with E-state index in [-0.39, 0.29) is 5.79 Å². The average Bonchev–Trinajstić information content (AvgIpc) is 3.38. The molecule has 0 aromatic carbocycles. The van der Waals surface area contributed by atoms with E-state index >= 15 is 0 Å². The standard InChI is InChI=1S/C26H44O3.C2H6/c1-18(5-4-14-27)21-8-9-22-20-7-6-19-17-26(28-15-16-29-26)13-12-24(19,2)23(20)10-11-25(21,22)3;1-2/h18-23,27H,4-17H2,1-3H3;1-2H3. The molecule has 31 heavy (non-hydrogen) atoms. The first-order chi connectivity index (χ1) is 14.9. The Morgan fingerprint density at radius 1 is 0.871 bits per heavy atom. The summed E-state index contributed by atoms with van der Waals surface area (Å²) in [5.41, 5.74) is 1.05. The van der Waals surface area contributed by atoms with Crippen LogP contribution in [0.5, 0.6) is 0 Å². The van der Waals surface area contributed by atoms with Crippen LogP contribution in [0.25, 0.3) is 0 Å². The van der Waals surface area contributed by atoms with Gasteiger partial charge in [0.15, 0.2) is 5.79 Å². The van der Waals surface area contributed by atoms with Gasteiger partial charge in [0.1, 0.15) is 0 Å². The van der Waals surface area contributed by atoms with Gasteiger partial charge in [0, 0.05) is 19.4 Å². The quantitative estimate of drug-likeness (QED) is 0.527. The van der Waals surface area contributed by atoms with Gasteiger partial charge in [-0.15, -0.1) is 0 Å². The van der Waals surface area contributed by atoms with Crippen LogP contribution >= 0.6 is 0 Å². The minimum Gasteiger partial charge on any atom is -0.396 e. The van der Waals surface area contributed by atoms with E-state index in [0.717, 1.165) is 68.0 Å². The zero-order chi connectivity index (χ0) is 22.3. The highest BCUT2D eigenvalue weighted by Gasteiger charge is 2.62. The van der Waals surface area contributed by atoms with Crippen molar-refractivity contribution in [1.82, 2.24) is 0 Å². The van der Waals surface area contributed by atoms with Gasteiger partial charge in [-0.3, -0.25) is 0 Å². The number of fused-ring (bicyclic) bond motifs is 5. The monoisotopic (exact) mass is 434 g/mol. The van der Waals surface area contributed by atoms with Crippen molar-refractivity contribution < 1.29 is 14.6 Å². The molecule has 5 aliphatic rings. The Hall–Kier alpha value is -0.120. The molecule has 0 amide bonds.